The third-order valence-corrected chi connectivity index (χ3v) is 6.05. The Labute approximate surface area is 138 Å². The van der Waals surface area contributed by atoms with E-state index < -0.39 is 0 Å². The second-order valence-electron chi connectivity index (χ2n) is 7.66. The first-order valence-corrected chi connectivity index (χ1v) is 9.09. The number of carbonyl (C=O) groups excluding carboxylic acids is 1. The lowest BCUT2D eigenvalue weighted by Gasteiger charge is -2.48. The maximum Gasteiger partial charge on any atom is 0.255 e. The van der Waals surface area contributed by atoms with Crippen LogP contribution in [0.15, 0.2) is 24.3 Å². The van der Waals surface area contributed by atoms with Crippen molar-refractivity contribution in [3.8, 4) is 0 Å². The van der Waals surface area contributed by atoms with Crippen molar-refractivity contribution in [3.63, 3.8) is 0 Å². The van der Waals surface area contributed by atoms with Gasteiger partial charge < -0.3 is 15.5 Å². The van der Waals surface area contributed by atoms with Crippen LogP contribution in [0.25, 0.3) is 0 Å². The molecule has 0 aromatic heterocycles. The molecule has 1 saturated heterocycles. The molecular weight excluding hydrogens is 286 g/mol. The van der Waals surface area contributed by atoms with E-state index in [-0.39, 0.29) is 11.6 Å². The van der Waals surface area contributed by atoms with E-state index in [9.17, 15) is 4.79 Å². The van der Waals surface area contributed by atoms with Crippen LogP contribution in [-0.4, -0.2) is 35.6 Å². The number of carbonyl (C=O) groups is 1. The quantitative estimate of drug-likeness (QED) is 0.837. The Kier molecular flexibility index (Phi) is 3.80. The zero-order chi connectivity index (χ0) is 15.9. The zero-order valence-corrected chi connectivity index (χ0v) is 14.0. The predicted molar refractivity (Wildman–Crippen MR) is 92.5 cm³/mol. The average Bonchev–Trinajstić information content (AvgIpc) is 2.56. The summed E-state index contributed by atoms with van der Waals surface area (Å²) in [6.45, 7) is 4.53. The van der Waals surface area contributed by atoms with E-state index in [4.69, 9.17) is 0 Å². The molecule has 2 fully saturated rings. The van der Waals surface area contributed by atoms with Crippen LogP contribution < -0.4 is 10.6 Å². The summed E-state index contributed by atoms with van der Waals surface area (Å²) >= 11 is 0. The number of rotatable bonds is 1. The number of hydrogen-bond acceptors (Lipinski definition) is 3. The Morgan fingerprint density at radius 3 is 2.48 bits per heavy atom. The van der Waals surface area contributed by atoms with Crippen LogP contribution in [0.1, 0.15) is 55.8 Å². The molecule has 2 heterocycles. The summed E-state index contributed by atoms with van der Waals surface area (Å²) in [5.74, 6) is 0.970. The minimum Gasteiger partial charge on any atom is -0.362 e. The molecule has 4 nitrogen and oxygen atoms in total. The first-order valence-electron chi connectivity index (χ1n) is 9.09. The summed E-state index contributed by atoms with van der Waals surface area (Å²) in [5, 5.41) is 6.86. The molecule has 0 radical (unpaired) electrons. The third kappa shape index (κ3) is 2.85. The Bertz CT molecular complexity index is 584. The van der Waals surface area contributed by atoms with Crippen molar-refractivity contribution in [3.05, 3.63) is 29.8 Å². The van der Waals surface area contributed by atoms with Crippen LogP contribution in [0.2, 0.25) is 0 Å². The van der Waals surface area contributed by atoms with E-state index in [1.165, 1.54) is 25.7 Å². The number of para-hydroxylation sites is 1. The van der Waals surface area contributed by atoms with Crippen LogP contribution in [0.3, 0.4) is 0 Å². The van der Waals surface area contributed by atoms with E-state index in [0.29, 0.717) is 0 Å². The molecule has 1 amide bonds. The number of anilines is 1. The summed E-state index contributed by atoms with van der Waals surface area (Å²) in [6.07, 6.45) is 7.40. The fourth-order valence-electron chi connectivity index (χ4n) is 4.49. The summed E-state index contributed by atoms with van der Waals surface area (Å²) in [6, 6.07) is 8.59. The Morgan fingerprint density at radius 1 is 1.04 bits per heavy atom. The number of amides is 1. The number of piperidine rings is 1. The summed E-state index contributed by atoms with van der Waals surface area (Å²) in [7, 11) is 0. The number of benzene rings is 1. The van der Waals surface area contributed by atoms with Gasteiger partial charge in [0.2, 0.25) is 0 Å². The van der Waals surface area contributed by atoms with Gasteiger partial charge in [0, 0.05) is 37.7 Å². The van der Waals surface area contributed by atoms with Gasteiger partial charge in [-0.2, -0.15) is 0 Å². The maximum absolute atomic E-state index is 12.4. The first-order chi connectivity index (χ1) is 11.2. The van der Waals surface area contributed by atoms with Crippen LogP contribution in [0.5, 0.6) is 0 Å². The van der Waals surface area contributed by atoms with Crippen molar-refractivity contribution < 1.29 is 4.79 Å². The average molecular weight is 313 g/mol. The van der Waals surface area contributed by atoms with Crippen LogP contribution in [0, 0.1) is 5.92 Å². The molecule has 1 saturated carbocycles. The lowest BCUT2D eigenvalue weighted by Crippen LogP contribution is -2.63. The zero-order valence-electron chi connectivity index (χ0n) is 14.0. The molecule has 0 bridgehead atoms. The van der Waals surface area contributed by atoms with Gasteiger partial charge in [0.25, 0.3) is 5.91 Å². The summed E-state index contributed by atoms with van der Waals surface area (Å²) < 4.78 is 0. The monoisotopic (exact) mass is 313 g/mol. The summed E-state index contributed by atoms with van der Waals surface area (Å²) in [5.41, 5.74) is 1.50. The predicted octanol–water partition coefficient (Wildman–Crippen LogP) is 3.21. The lowest BCUT2D eigenvalue weighted by molar-refractivity contribution is 0.0679. The highest BCUT2D eigenvalue weighted by molar-refractivity contribution is 6.02. The van der Waals surface area contributed by atoms with E-state index in [1.54, 1.807) is 0 Å². The molecule has 1 aromatic rings. The van der Waals surface area contributed by atoms with Crippen LogP contribution in [0.4, 0.5) is 5.69 Å². The van der Waals surface area contributed by atoms with Gasteiger partial charge in [-0.25, -0.2) is 0 Å². The molecule has 4 rings (SSSR count). The second-order valence-corrected chi connectivity index (χ2v) is 7.66. The number of hydrogen-bond donors (Lipinski definition) is 2. The Balaban J connectivity index is 1.42. The lowest BCUT2D eigenvalue weighted by atomic mass is 9.84. The highest BCUT2D eigenvalue weighted by Gasteiger charge is 2.41. The van der Waals surface area contributed by atoms with E-state index in [1.807, 2.05) is 24.3 Å². The smallest absolute Gasteiger partial charge is 0.255 e. The van der Waals surface area contributed by atoms with Crippen molar-refractivity contribution in [1.29, 1.82) is 0 Å². The number of nitrogens with zero attached hydrogens (tertiary/aromatic N) is 1. The first kappa shape index (κ1) is 15.0. The fourth-order valence-corrected chi connectivity index (χ4v) is 4.49. The Morgan fingerprint density at radius 2 is 1.74 bits per heavy atom. The number of likely N-dealkylation sites (tertiary alicyclic amines) is 1. The van der Waals surface area contributed by atoms with Gasteiger partial charge in [-0.3, -0.25) is 4.79 Å². The van der Waals surface area contributed by atoms with Gasteiger partial charge in [0.15, 0.2) is 0 Å². The van der Waals surface area contributed by atoms with Crippen LogP contribution in [-0.2, 0) is 0 Å². The van der Waals surface area contributed by atoms with Gasteiger partial charge in [-0.15, -0.1) is 0 Å². The van der Waals surface area contributed by atoms with E-state index in [0.717, 1.165) is 49.1 Å². The van der Waals surface area contributed by atoms with Crippen molar-refractivity contribution in [1.82, 2.24) is 10.2 Å². The highest BCUT2D eigenvalue weighted by atomic mass is 16.2. The van der Waals surface area contributed by atoms with Gasteiger partial charge in [0.05, 0.1) is 5.56 Å². The normalized spacial score (nSPS) is 30.4. The molecule has 23 heavy (non-hydrogen) atoms. The molecule has 0 unspecified atom stereocenters. The van der Waals surface area contributed by atoms with Crippen molar-refractivity contribution >= 4 is 11.6 Å². The largest absolute Gasteiger partial charge is 0.362 e. The van der Waals surface area contributed by atoms with Crippen LogP contribution >= 0.6 is 0 Å². The minimum absolute atomic E-state index is 0.0688. The molecule has 124 valence electrons. The second kappa shape index (κ2) is 5.82. The molecule has 3 aliphatic rings. The van der Waals surface area contributed by atoms with Crippen molar-refractivity contribution in [2.24, 2.45) is 5.92 Å². The van der Waals surface area contributed by atoms with Gasteiger partial charge in [-0.1, -0.05) is 19.1 Å². The van der Waals surface area contributed by atoms with Crippen molar-refractivity contribution in [2.45, 2.75) is 57.2 Å². The standard InChI is InChI=1S/C19H27N3O/c1-14-6-8-15(9-7-14)22-12-10-19(11-13-22)20-17-5-3-2-4-16(17)18(23)21-19/h2-5,14-15,20H,6-13H2,1H3,(H,21,23). The maximum atomic E-state index is 12.4. The summed E-state index contributed by atoms with van der Waals surface area (Å²) in [4.78, 5) is 15.1. The number of fused-ring (bicyclic) bond motifs is 1. The van der Waals surface area contributed by atoms with E-state index >= 15 is 0 Å². The molecule has 2 N–H and O–H groups in total. The number of nitrogens with one attached hydrogen (secondary N) is 2. The molecule has 1 aliphatic carbocycles. The molecule has 4 heteroatoms. The highest BCUT2D eigenvalue weighted by Crippen LogP contribution is 2.34. The Hall–Kier alpha value is -1.55. The molecule has 2 aliphatic heterocycles. The molecule has 0 atom stereocenters. The van der Waals surface area contributed by atoms with Gasteiger partial charge >= 0.3 is 0 Å². The molecule has 1 spiro atoms. The van der Waals surface area contributed by atoms with Gasteiger partial charge in [-0.05, 0) is 43.7 Å². The van der Waals surface area contributed by atoms with Gasteiger partial charge in [0.1, 0.15) is 5.66 Å². The molecule has 1 aromatic carbocycles. The topological polar surface area (TPSA) is 44.4 Å². The molecular formula is C19H27N3O. The van der Waals surface area contributed by atoms with Crippen molar-refractivity contribution in [2.75, 3.05) is 18.4 Å². The SMILES string of the molecule is CC1CCC(N2CCC3(CC2)NC(=O)c2ccccc2N3)CC1. The minimum atomic E-state index is -0.246. The van der Waals surface area contributed by atoms with E-state index in [2.05, 4.69) is 22.5 Å². The third-order valence-electron chi connectivity index (χ3n) is 6.05. The fraction of sp³-hybridized carbons (Fsp3) is 0.632.